The van der Waals surface area contributed by atoms with Gasteiger partial charge in [0, 0.05) is 24.4 Å². The third kappa shape index (κ3) is 3.88. The molecule has 10 atom stereocenters. The fraction of sp³-hybridized carbons (Fsp3) is 0.906. The number of ether oxygens (including phenoxy) is 2. The van der Waals surface area contributed by atoms with Gasteiger partial charge in [-0.2, -0.15) is 0 Å². The normalized spacial score (nSPS) is 48.2. The number of aliphatic hydroxyl groups excluding tert-OH is 1. The van der Waals surface area contributed by atoms with Crippen LogP contribution in [0.4, 0.5) is 0 Å². The van der Waals surface area contributed by atoms with Crippen LogP contribution in [0.1, 0.15) is 107 Å². The van der Waals surface area contributed by atoms with Gasteiger partial charge < -0.3 is 19.7 Å². The summed E-state index contributed by atoms with van der Waals surface area (Å²) in [6.45, 7) is 17.8. The van der Waals surface area contributed by atoms with Crippen LogP contribution in [0.5, 0.6) is 0 Å². The minimum absolute atomic E-state index is 0.129. The van der Waals surface area contributed by atoms with Crippen molar-refractivity contribution in [2.45, 2.75) is 131 Å². The maximum Gasteiger partial charge on any atom is 0.161 e. The smallest absolute Gasteiger partial charge is 0.161 e. The molecule has 37 heavy (non-hydrogen) atoms. The van der Waals surface area contributed by atoms with Gasteiger partial charge in [-0.05, 0) is 99.7 Å². The molecule has 5 aliphatic rings. The average Bonchev–Trinajstić information content (AvgIpc) is 3.34. The number of carbonyl (C=O) groups is 1. The Morgan fingerprint density at radius 1 is 1.14 bits per heavy atom. The Bertz CT molecular complexity index is 947. The Kier molecular flexibility index (Phi) is 6.67. The predicted molar refractivity (Wildman–Crippen MR) is 145 cm³/mol. The Morgan fingerprint density at radius 2 is 1.84 bits per heavy atom. The monoisotopic (exact) mass is 516 g/mol. The molecule has 0 aromatic carbocycles. The van der Waals surface area contributed by atoms with E-state index in [1.165, 1.54) is 19.3 Å². The van der Waals surface area contributed by atoms with E-state index in [4.69, 9.17) is 9.47 Å². The van der Waals surface area contributed by atoms with E-state index in [1.54, 1.807) is 19.4 Å². The Labute approximate surface area is 224 Å². The molecule has 0 bridgehead atoms. The van der Waals surface area contributed by atoms with Crippen LogP contribution in [0, 0.1) is 45.3 Å². The van der Waals surface area contributed by atoms with Crippen molar-refractivity contribution in [3.8, 4) is 0 Å². The second kappa shape index (κ2) is 8.88. The van der Waals surface area contributed by atoms with Gasteiger partial charge in [-0.25, -0.2) is 0 Å². The Hall–Kier alpha value is -0.750. The number of allylic oxidation sites excluding steroid dienone is 2. The summed E-state index contributed by atoms with van der Waals surface area (Å²) >= 11 is 0. The molecule has 3 saturated carbocycles. The second-order valence-corrected chi connectivity index (χ2v) is 15.1. The zero-order valence-corrected chi connectivity index (χ0v) is 24.6. The average molecular weight is 517 g/mol. The molecule has 0 radical (unpaired) electrons. The highest BCUT2D eigenvalue weighted by atomic mass is 16.7. The van der Waals surface area contributed by atoms with Gasteiger partial charge in [0.15, 0.2) is 6.29 Å². The van der Waals surface area contributed by atoms with Gasteiger partial charge >= 0.3 is 0 Å². The standard InChI is InChI=1S/C32H52O5/c1-9-36-27-19(18-23(37-27)26(34)29(4,5)35)20-12-16-32(8)22-10-11-24-28(2,3)25(33)14-15-30(24,6)21(22)13-17-31(20,32)7/h10,19-21,23-24,26-27,34-35H,9,11-18H2,1-8H3/t19-,20-,21-,23+,24+,26+,27+,30+,31-,32+/m0/s1. The molecule has 0 spiro atoms. The first kappa shape index (κ1) is 27.8. The molecule has 1 aliphatic heterocycles. The second-order valence-electron chi connectivity index (χ2n) is 15.1. The number of hydrogen-bond acceptors (Lipinski definition) is 5. The Morgan fingerprint density at radius 3 is 2.49 bits per heavy atom. The van der Waals surface area contributed by atoms with Crippen molar-refractivity contribution in [1.29, 1.82) is 0 Å². The first-order chi connectivity index (χ1) is 17.1. The van der Waals surface area contributed by atoms with E-state index in [0.29, 0.717) is 30.1 Å². The minimum Gasteiger partial charge on any atom is -0.388 e. The molecule has 5 rings (SSSR count). The zero-order chi connectivity index (χ0) is 27.2. The number of hydrogen-bond donors (Lipinski definition) is 2. The van der Waals surface area contributed by atoms with Crippen LogP contribution in [0.3, 0.4) is 0 Å². The predicted octanol–water partition coefficient (Wildman–Crippen LogP) is 6.06. The highest BCUT2D eigenvalue weighted by molar-refractivity contribution is 5.85. The van der Waals surface area contributed by atoms with Crippen molar-refractivity contribution in [2.75, 3.05) is 6.61 Å². The topological polar surface area (TPSA) is 76.0 Å². The molecule has 2 N–H and O–H groups in total. The highest BCUT2D eigenvalue weighted by Gasteiger charge is 2.66. The van der Waals surface area contributed by atoms with E-state index in [9.17, 15) is 15.0 Å². The lowest BCUT2D eigenvalue weighted by molar-refractivity contribution is -0.193. The summed E-state index contributed by atoms with van der Waals surface area (Å²) in [6, 6.07) is 0. The van der Waals surface area contributed by atoms with Gasteiger partial charge in [-0.3, -0.25) is 4.79 Å². The van der Waals surface area contributed by atoms with Crippen molar-refractivity contribution in [3.05, 3.63) is 11.6 Å². The van der Waals surface area contributed by atoms with E-state index in [-0.39, 0.29) is 33.9 Å². The van der Waals surface area contributed by atoms with Crippen molar-refractivity contribution < 1.29 is 24.5 Å². The molecule has 4 aliphatic carbocycles. The molecular weight excluding hydrogens is 464 g/mol. The molecular formula is C32H52O5. The van der Waals surface area contributed by atoms with Crippen molar-refractivity contribution >= 4 is 5.78 Å². The summed E-state index contributed by atoms with van der Waals surface area (Å²) in [4.78, 5) is 12.9. The lowest BCUT2D eigenvalue weighted by Gasteiger charge is -2.63. The van der Waals surface area contributed by atoms with Gasteiger partial charge in [0.2, 0.25) is 0 Å². The van der Waals surface area contributed by atoms with E-state index < -0.39 is 17.8 Å². The molecule has 4 fully saturated rings. The largest absolute Gasteiger partial charge is 0.388 e. The number of Topliss-reactive ketones (excluding diaryl/α,β-unsaturated/α-hetero) is 1. The highest BCUT2D eigenvalue weighted by Crippen LogP contribution is 2.73. The van der Waals surface area contributed by atoms with Crippen LogP contribution < -0.4 is 0 Å². The molecule has 0 amide bonds. The molecule has 5 nitrogen and oxygen atoms in total. The fourth-order valence-electron chi connectivity index (χ4n) is 10.3. The van der Waals surface area contributed by atoms with Crippen LogP contribution in [0.2, 0.25) is 0 Å². The molecule has 1 saturated heterocycles. The summed E-state index contributed by atoms with van der Waals surface area (Å²) < 4.78 is 12.5. The molecule has 5 heteroatoms. The third-order valence-electron chi connectivity index (χ3n) is 12.7. The van der Waals surface area contributed by atoms with Crippen LogP contribution in [-0.2, 0) is 14.3 Å². The minimum atomic E-state index is -1.21. The lowest BCUT2D eigenvalue weighted by Crippen LogP contribution is -2.57. The number of fused-ring (bicyclic) bond motifs is 5. The number of carbonyl (C=O) groups excluding carboxylic acids is 1. The van der Waals surface area contributed by atoms with E-state index in [0.717, 1.165) is 32.1 Å². The van der Waals surface area contributed by atoms with Crippen molar-refractivity contribution in [1.82, 2.24) is 0 Å². The summed E-state index contributed by atoms with van der Waals surface area (Å²) in [6.07, 6.45) is 9.07. The van der Waals surface area contributed by atoms with E-state index in [2.05, 4.69) is 40.7 Å². The molecule has 0 aromatic heterocycles. The van der Waals surface area contributed by atoms with Gasteiger partial charge in [0.1, 0.15) is 11.9 Å². The van der Waals surface area contributed by atoms with Crippen molar-refractivity contribution in [2.24, 2.45) is 45.3 Å². The Balaban J connectivity index is 1.46. The van der Waals surface area contributed by atoms with Crippen LogP contribution in [0.25, 0.3) is 0 Å². The van der Waals surface area contributed by atoms with Crippen LogP contribution in [-0.4, -0.2) is 46.7 Å². The molecule has 0 unspecified atom stereocenters. The summed E-state index contributed by atoms with van der Waals surface area (Å²) in [5, 5.41) is 21.4. The maximum absolute atomic E-state index is 12.9. The van der Waals surface area contributed by atoms with Crippen molar-refractivity contribution in [3.63, 3.8) is 0 Å². The number of rotatable bonds is 5. The number of aliphatic hydroxyl groups is 2. The van der Waals surface area contributed by atoms with Crippen LogP contribution >= 0.6 is 0 Å². The fourth-order valence-corrected chi connectivity index (χ4v) is 10.3. The first-order valence-electron chi connectivity index (χ1n) is 15.0. The van der Waals surface area contributed by atoms with Gasteiger partial charge in [0.25, 0.3) is 0 Å². The summed E-state index contributed by atoms with van der Waals surface area (Å²) in [5.41, 5.74) is 0.678. The molecule has 210 valence electrons. The molecule has 1 heterocycles. The quantitative estimate of drug-likeness (QED) is 0.435. The zero-order valence-electron chi connectivity index (χ0n) is 24.6. The summed E-state index contributed by atoms with van der Waals surface area (Å²) in [7, 11) is 0. The summed E-state index contributed by atoms with van der Waals surface area (Å²) in [5.74, 6) is 2.09. The lowest BCUT2D eigenvalue weighted by atomic mass is 9.41. The van der Waals surface area contributed by atoms with Gasteiger partial charge in [0.05, 0.1) is 11.7 Å². The third-order valence-corrected chi connectivity index (χ3v) is 12.7. The van der Waals surface area contributed by atoms with Crippen LogP contribution in [0.15, 0.2) is 11.6 Å². The van der Waals surface area contributed by atoms with Gasteiger partial charge in [-0.15, -0.1) is 0 Å². The van der Waals surface area contributed by atoms with Gasteiger partial charge in [-0.1, -0.05) is 46.3 Å². The van der Waals surface area contributed by atoms with E-state index >= 15 is 0 Å². The SMILES string of the molecule is CCO[C@@H]1O[C@@H]([C@@H](O)C(C)(C)O)C[C@H]1[C@@H]1CC[C@]2(C)C3=CC[C@@H]4C(C)(C)C(=O)CC[C@]4(C)[C@H]3CC[C@@]12C. The van der Waals surface area contributed by atoms with E-state index in [1.807, 2.05) is 6.92 Å². The first-order valence-corrected chi connectivity index (χ1v) is 15.0. The molecule has 0 aromatic rings. The number of ketones is 1. The maximum atomic E-state index is 12.9.